The Balaban J connectivity index is 0.00000225. The van der Waals surface area contributed by atoms with Crippen LogP contribution in [0, 0.1) is 19.8 Å². The monoisotopic (exact) mass is 362 g/mol. The SMILES string of the molecule is Cc1cc(C)n(-c2ccccc2NC(=O)CCC2CCNCC2)n1.Cl. The first-order valence-corrected chi connectivity index (χ1v) is 8.77. The molecular formula is C19H27ClN4O. The van der Waals surface area contributed by atoms with Crippen LogP contribution in [0.25, 0.3) is 5.69 Å². The van der Waals surface area contributed by atoms with E-state index in [4.69, 9.17) is 0 Å². The Morgan fingerprint density at radius 2 is 2.00 bits per heavy atom. The number of nitrogens with zero attached hydrogens (tertiary/aromatic N) is 2. The highest BCUT2D eigenvalue weighted by Crippen LogP contribution is 2.23. The number of para-hydroxylation sites is 2. The van der Waals surface area contributed by atoms with Crippen molar-refractivity contribution in [2.45, 2.75) is 39.5 Å². The van der Waals surface area contributed by atoms with Crippen molar-refractivity contribution in [3.05, 3.63) is 41.7 Å². The van der Waals surface area contributed by atoms with E-state index >= 15 is 0 Å². The summed E-state index contributed by atoms with van der Waals surface area (Å²) < 4.78 is 1.89. The number of anilines is 1. The van der Waals surface area contributed by atoms with Gasteiger partial charge in [-0.3, -0.25) is 4.79 Å². The Hall–Kier alpha value is -1.85. The van der Waals surface area contributed by atoms with E-state index < -0.39 is 0 Å². The van der Waals surface area contributed by atoms with Gasteiger partial charge in [-0.05, 0) is 70.3 Å². The van der Waals surface area contributed by atoms with Gasteiger partial charge in [0, 0.05) is 12.1 Å². The van der Waals surface area contributed by atoms with Crippen LogP contribution in [-0.4, -0.2) is 28.8 Å². The van der Waals surface area contributed by atoms with Crippen molar-refractivity contribution in [3.63, 3.8) is 0 Å². The lowest BCUT2D eigenvalue weighted by Crippen LogP contribution is -2.28. The molecule has 0 saturated carbocycles. The van der Waals surface area contributed by atoms with Gasteiger partial charge in [-0.25, -0.2) is 4.68 Å². The molecule has 1 aliphatic rings. The van der Waals surface area contributed by atoms with E-state index in [2.05, 4.69) is 15.7 Å². The lowest BCUT2D eigenvalue weighted by molar-refractivity contribution is -0.116. The molecule has 25 heavy (non-hydrogen) atoms. The normalized spacial score (nSPS) is 14.8. The van der Waals surface area contributed by atoms with Gasteiger partial charge in [0.2, 0.25) is 5.91 Å². The molecule has 2 aromatic rings. The number of piperidine rings is 1. The topological polar surface area (TPSA) is 59.0 Å². The van der Waals surface area contributed by atoms with E-state index in [1.807, 2.05) is 48.9 Å². The lowest BCUT2D eigenvalue weighted by Gasteiger charge is -2.22. The van der Waals surface area contributed by atoms with Crippen molar-refractivity contribution in [1.29, 1.82) is 0 Å². The first-order chi connectivity index (χ1) is 11.6. The maximum Gasteiger partial charge on any atom is 0.224 e. The number of nitrogens with one attached hydrogen (secondary N) is 2. The molecule has 5 nitrogen and oxygen atoms in total. The summed E-state index contributed by atoms with van der Waals surface area (Å²) in [5.41, 5.74) is 3.76. The van der Waals surface area contributed by atoms with Crippen molar-refractivity contribution in [3.8, 4) is 5.69 Å². The number of aromatic nitrogens is 2. The quantitative estimate of drug-likeness (QED) is 0.853. The van der Waals surface area contributed by atoms with E-state index in [1.165, 1.54) is 12.8 Å². The summed E-state index contributed by atoms with van der Waals surface area (Å²) in [4.78, 5) is 12.4. The van der Waals surface area contributed by atoms with Crippen LogP contribution in [0.1, 0.15) is 37.1 Å². The van der Waals surface area contributed by atoms with Crippen LogP contribution in [0.3, 0.4) is 0 Å². The number of rotatable bonds is 5. The third kappa shape index (κ3) is 5.06. The van der Waals surface area contributed by atoms with Gasteiger partial charge >= 0.3 is 0 Å². The zero-order valence-electron chi connectivity index (χ0n) is 14.9. The van der Waals surface area contributed by atoms with Crippen LogP contribution in [0.2, 0.25) is 0 Å². The summed E-state index contributed by atoms with van der Waals surface area (Å²) >= 11 is 0. The minimum absolute atomic E-state index is 0. The predicted molar refractivity (Wildman–Crippen MR) is 104 cm³/mol. The Labute approximate surface area is 155 Å². The molecule has 2 heterocycles. The summed E-state index contributed by atoms with van der Waals surface area (Å²) in [7, 11) is 0. The average Bonchev–Trinajstić information content (AvgIpc) is 2.93. The first-order valence-electron chi connectivity index (χ1n) is 8.77. The van der Waals surface area contributed by atoms with Gasteiger partial charge in [-0.2, -0.15) is 5.10 Å². The maximum atomic E-state index is 12.4. The Kier molecular flexibility index (Phi) is 7.02. The highest BCUT2D eigenvalue weighted by atomic mass is 35.5. The molecule has 0 bridgehead atoms. The van der Waals surface area contributed by atoms with Crippen molar-refractivity contribution in [1.82, 2.24) is 15.1 Å². The zero-order valence-corrected chi connectivity index (χ0v) is 15.7. The second kappa shape index (κ2) is 9.02. The molecule has 2 N–H and O–H groups in total. The van der Waals surface area contributed by atoms with Crippen LogP contribution >= 0.6 is 12.4 Å². The molecule has 0 atom stereocenters. The van der Waals surface area contributed by atoms with Crippen LogP contribution < -0.4 is 10.6 Å². The summed E-state index contributed by atoms with van der Waals surface area (Å²) in [5.74, 6) is 0.755. The highest BCUT2D eigenvalue weighted by molar-refractivity contribution is 5.92. The number of amides is 1. The van der Waals surface area contributed by atoms with E-state index in [0.717, 1.165) is 42.3 Å². The summed E-state index contributed by atoms with van der Waals surface area (Å²) in [6, 6.07) is 9.87. The lowest BCUT2D eigenvalue weighted by atomic mass is 9.93. The maximum absolute atomic E-state index is 12.4. The van der Waals surface area contributed by atoms with E-state index in [-0.39, 0.29) is 18.3 Å². The average molecular weight is 363 g/mol. The second-order valence-corrected chi connectivity index (χ2v) is 6.64. The number of aryl methyl sites for hydroxylation is 2. The molecule has 136 valence electrons. The van der Waals surface area contributed by atoms with Crippen molar-refractivity contribution < 1.29 is 4.79 Å². The van der Waals surface area contributed by atoms with E-state index in [9.17, 15) is 4.79 Å². The molecule has 0 radical (unpaired) electrons. The minimum Gasteiger partial charge on any atom is -0.324 e. The van der Waals surface area contributed by atoms with E-state index in [1.54, 1.807) is 0 Å². The van der Waals surface area contributed by atoms with Gasteiger partial charge in [0.25, 0.3) is 0 Å². The molecule has 1 aromatic heterocycles. The van der Waals surface area contributed by atoms with E-state index in [0.29, 0.717) is 12.3 Å². The van der Waals surface area contributed by atoms with Crippen molar-refractivity contribution >= 4 is 24.0 Å². The smallest absolute Gasteiger partial charge is 0.224 e. The van der Waals surface area contributed by atoms with Gasteiger partial charge in [-0.1, -0.05) is 12.1 Å². The Morgan fingerprint density at radius 3 is 2.68 bits per heavy atom. The number of carbonyl (C=O) groups is 1. The van der Waals surface area contributed by atoms with Gasteiger partial charge < -0.3 is 10.6 Å². The van der Waals surface area contributed by atoms with Crippen LogP contribution in [-0.2, 0) is 4.79 Å². The molecule has 3 rings (SSSR count). The molecule has 1 fully saturated rings. The van der Waals surface area contributed by atoms with Crippen LogP contribution in [0.4, 0.5) is 5.69 Å². The predicted octanol–water partition coefficient (Wildman–Crippen LogP) is 3.63. The molecule has 1 amide bonds. The molecule has 1 saturated heterocycles. The first kappa shape index (κ1) is 19.5. The molecule has 6 heteroatoms. The molecule has 1 aliphatic heterocycles. The van der Waals surface area contributed by atoms with Gasteiger partial charge in [0.15, 0.2) is 0 Å². The standard InChI is InChI=1S/C19H26N4O.ClH/c1-14-13-15(2)23(22-14)18-6-4-3-5-17(18)21-19(24)8-7-16-9-11-20-12-10-16;/h3-6,13,16,20H,7-12H2,1-2H3,(H,21,24);1H. The largest absolute Gasteiger partial charge is 0.324 e. The molecule has 0 unspecified atom stereocenters. The summed E-state index contributed by atoms with van der Waals surface area (Å²) in [6.45, 7) is 6.15. The number of halogens is 1. The minimum atomic E-state index is 0. The Bertz CT molecular complexity index is 707. The Morgan fingerprint density at radius 1 is 1.28 bits per heavy atom. The summed E-state index contributed by atoms with van der Waals surface area (Å²) in [5, 5.41) is 11.0. The third-order valence-corrected chi connectivity index (χ3v) is 4.65. The number of carbonyl (C=O) groups excluding carboxylic acids is 1. The van der Waals surface area contributed by atoms with Gasteiger partial charge in [0.1, 0.15) is 0 Å². The molecule has 0 aliphatic carbocycles. The third-order valence-electron chi connectivity index (χ3n) is 4.65. The molecular weight excluding hydrogens is 336 g/mol. The fraction of sp³-hybridized carbons (Fsp3) is 0.474. The molecule has 1 aromatic carbocycles. The van der Waals surface area contributed by atoms with Crippen molar-refractivity contribution in [2.75, 3.05) is 18.4 Å². The second-order valence-electron chi connectivity index (χ2n) is 6.64. The fourth-order valence-corrected chi connectivity index (χ4v) is 3.36. The zero-order chi connectivity index (χ0) is 16.9. The number of hydrogen-bond donors (Lipinski definition) is 2. The molecule has 0 spiro atoms. The van der Waals surface area contributed by atoms with Crippen LogP contribution in [0.15, 0.2) is 30.3 Å². The van der Waals surface area contributed by atoms with Gasteiger partial charge in [-0.15, -0.1) is 12.4 Å². The fourth-order valence-electron chi connectivity index (χ4n) is 3.36. The number of hydrogen-bond acceptors (Lipinski definition) is 3. The summed E-state index contributed by atoms with van der Waals surface area (Å²) in [6.07, 6.45) is 3.90. The highest BCUT2D eigenvalue weighted by Gasteiger charge is 2.16. The van der Waals surface area contributed by atoms with Gasteiger partial charge in [0.05, 0.1) is 17.1 Å². The van der Waals surface area contributed by atoms with Crippen LogP contribution in [0.5, 0.6) is 0 Å². The number of benzene rings is 1. The van der Waals surface area contributed by atoms with Crippen molar-refractivity contribution in [2.24, 2.45) is 5.92 Å².